The normalized spacial score (nSPS) is 12.7. The molecule has 2 rings (SSSR count). The van der Waals surface area contributed by atoms with Crippen LogP contribution < -0.4 is 11.3 Å². The molecule has 21 heavy (non-hydrogen) atoms. The van der Waals surface area contributed by atoms with Crippen molar-refractivity contribution in [3.63, 3.8) is 0 Å². The maximum Gasteiger partial charge on any atom is 0.141 e. The molecule has 0 radical (unpaired) electrons. The Bertz CT molecular complexity index is 613. The van der Waals surface area contributed by atoms with Crippen molar-refractivity contribution in [3.05, 3.63) is 70.0 Å². The van der Waals surface area contributed by atoms with E-state index in [1.54, 1.807) is 12.1 Å². The lowest BCUT2D eigenvalue weighted by atomic mass is 9.95. The highest BCUT2D eigenvalue weighted by Crippen LogP contribution is 2.26. The van der Waals surface area contributed by atoms with Crippen molar-refractivity contribution in [1.82, 2.24) is 5.43 Å². The number of benzene rings is 2. The van der Waals surface area contributed by atoms with E-state index in [0.29, 0.717) is 5.92 Å². The summed E-state index contributed by atoms with van der Waals surface area (Å²) in [4.78, 5) is 0. The van der Waals surface area contributed by atoms with Crippen LogP contribution >= 0.6 is 11.6 Å². The van der Waals surface area contributed by atoms with Gasteiger partial charge in [-0.1, -0.05) is 55.8 Å². The molecular formula is C17H20ClFN2. The first kappa shape index (κ1) is 16.0. The second-order valence-electron chi connectivity index (χ2n) is 5.62. The number of hydrazine groups is 1. The lowest BCUT2D eigenvalue weighted by Crippen LogP contribution is -2.29. The van der Waals surface area contributed by atoms with Crippen LogP contribution in [-0.4, -0.2) is 0 Å². The van der Waals surface area contributed by atoms with Crippen LogP contribution in [0.5, 0.6) is 0 Å². The zero-order valence-electron chi connectivity index (χ0n) is 12.2. The van der Waals surface area contributed by atoms with E-state index < -0.39 is 5.82 Å². The third-order valence-electron chi connectivity index (χ3n) is 3.37. The summed E-state index contributed by atoms with van der Waals surface area (Å²) in [6.45, 7) is 4.37. The van der Waals surface area contributed by atoms with Crippen LogP contribution in [0.4, 0.5) is 4.39 Å². The monoisotopic (exact) mass is 306 g/mol. The van der Waals surface area contributed by atoms with Crippen LogP contribution in [0.1, 0.15) is 36.6 Å². The van der Waals surface area contributed by atoms with Crippen molar-refractivity contribution in [3.8, 4) is 0 Å². The molecule has 0 aliphatic carbocycles. The lowest BCUT2D eigenvalue weighted by Gasteiger charge is -2.18. The van der Waals surface area contributed by atoms with E-state index in [4.69, 9.17) is 17.4 Å². The van der Waals surface area contributed by atoms with E-state index in [1.807, 2.05) is 12.1 Å². The van der Waals surface area contributed by atoms with E-state index in [1.165, 1.54) is 11.6 Å². The van der Waals surface area contributed by atoms with Crippen LogP contribution in [0, 0.1) is 11.7 Å². The number of halogens is 2. The molecule has 0 fully saturated rings. The Hall–Kier alpha value is -1.42. The van der Waals surface area contributed by atoms with Gasteiger partial charge < -0.3 is 0 Å². The molecule has 0 saturated heterocycles. The lowest BCUT2D eigenvalue weighted by molar-refractivity contribution is 0.613. The minimum absolute atomic E-state index is 0.103. The van der Waals surface area contributed by atoms with Crippen molar-refractivity contribution >= 4 is 11.6 Å². The van der Waals surface area contributed by atoms with Crippen molar-refractivity contribution in [2.24, 2.45) is 11.8 Å². The molecule has 112 valence electrons. The molecule has 2 nitrogen and oxygen atoms in total. The van der Waals surface area contributed by atoms with Gasteiger partial charge in [-0.2, -0.15) is 0 Å². The van der Waals surface area contributed by atoms with Gasteiger partial charge in [0.05, 0.1) is 11.1 Å². The molecule has 2 aromatic rings. The molecular weight excluding hydrogens is 287 g/mol. The predicted octanol–water partition coefficient (Wildman–Crippen LogP) is 4.23. The molecule has 0 bridgehead atoms. The number of hydrogen-bond acceptors (Lipinski definition) is 2. The van der Waals surface area contributed by atoms with Gasteiger partial charge in [-0.05, 0) is 41.2 Å². The summed E-state index contributed by atoms with van der Waals surface area (Å²) in [5.41, 5.74) is 5.92. The standard InChI is InChI=1S/C17H20ClFN2/c1-11(2)8-12-4-3-5-13(9-12)17(21-20)14-6-7-16(19)15(18)10-14/h3-7,9-11,17,21H,8,20H2,1-2H3. The number of hydrogen-bond donors (Lipinski definition) is 2. The Kier molecular flexibility index (Phi) is 5.34. The molecule has 4 heteroatoms. The second kappa shape index (κ2) is 7.03. The fraction of sp³-hybridized carbons (Fsp3) is 0.294. The molecule has 1 unspecified atom stereocenters. The van der Waals surface area contributed by atoms with Crippen LogP contribution in [0.25, 0.3) is 0 Å². The number of rotatable bonds is 5. The summed E-state index contributed by atoms with van der Waals surface area (Å²) in [7, 11) is 0. The van der Waals surface area contributed by atoms with Gasteiger partial charge in [0.15, 0.2) is 0 Å². The topological polar surface area (TPSA) is 38.0 Å². The van der Waals surface area contributed by atoms with Crippen molar-refractivity contribution in [2.45, 2.75) is 26.3 Å². The first-order valence-electron chi connectivity index (χ1n) is 7.01. The summed E-state index contributed by atoms with van der Waals surface area (Å²) in [6.07, 6.45) is 1.01. The number of nitrogens with two attached hydrogens (primary N) is 1. The highest BCUT2D eigenvalue weighted by Gasteiger charge is 2.14. The summed E-state index contributed by atoms with van der Waals surface area (Å²) >= 11 is 5.86. The van der Waals surface area contributed by atoms with Crippen molar-refractivity contribution in [2.75, 3.05) is 0 Å². The zero-order valence-corrected chi connectivity index (χ0v) is 13.0. The maximum absolute atomic E-state index is 13.3. The Morgan fingerprint density at radius 3 is 2.48 bits per heavy atom. The molecule has 0 spiro atoms. The third kappa shape index (κ3) is 4.03. The highest BCUT2D eigenvalue weighted by atomic mass is 35.5. The Balaban J connectivity index is 2.34. The summed E-state index contributed by atoms with van der Waals surface area (Å²) < 4.78 is 13.3. The fourth-order valence-electron chi connectivity index (χ4n) is 2.45. The second-order valence-corrected chi connectivity index (χ2v) is 6.02. The summed E-state index contributed by atoms with van der Waals surface area (Å²) in [6, 6.07) is 12.7. The van der Waals surface area contributed by atoms with E-state index in [2.05, 4.69) is 31.4 Å². The molecule has 1 atom stereocenters. The van der Waals surface area contributed by atoms with Gasteiger partial charge in [-0.3, -0.25) is 5.84 Å². The fourth-order valence-corrected chi connectivity index (χ4v) is 2.64. The highest BCUT2D eigenvalue weighted by molar-refractivity contribution is 6.30. The minimum Gasteiger partial charge on any atom is -0.271 e. The maximum atomic E-state index is 13.3. The van der Waals surface area contributed by atoms with Crippen molar-refractivity contribution in [1.29, 1.82) is 0 Å². The Morgan fingerprint density at radius 2 is 1.86 bits per heavy atom. The Labute approximate surface area is 130 Å². The molecule has 0 amide bonds. The van der Waals surface area contributed by atoms with E-state index in [-0.39, 0.29) is 11.1 Å². The van der Waals surface area contributed by atoms with E-state index in [9.17, 15) is 4.39 Å². The Morgan fingerprint density at radius 1 is 1.14 bits per heavy atom. The smallest absolute Gasteiger partial charge is 0.141 e. The van der Waals surface area contributed by atoms with Gasteiger partial charge in [-0.25, -0.2) is 9.82 Å². The summed E-state index contributed by atoms with van der Waals surface area (Å²) in [5, 5.41) is 0.103. The van der Waals surface area contributed by atoms with Gasteiger partial charge in [0, 0.05) is 0 Å². The molecule has 0 heterocycles. The average Bonchev–Trinajstić information content (AvgIpc) is 2.43. The predicted molar refractivity (Wildman–Crippen MR) is 85.6 cm³/mol. The van der Waals surface area contributed by atoms with Crippen LogP contribution in [0.2, 0.25) is 5.02 Å². The van der Waals surface area contributed by atoms with Gasteiger partial charge in [0.1, 0.15) is 5.82 Å². The molecule has 3 N–H and O–H groups in total. The SMILES string of the molecule is CC(C)Cc1cccc(C(NN)c2ccc(F)c(Cl)c2)c1. The van der Waals surface area contributed by atoms with Crippen LogP contribution in [0.15, 0.2) is 42.5 Å². The molecule has 2 aromatic carbocycles. The molecule has 0 aliphatic rings. The van der Waals surface area contributed by atoms with Gasteiger partial charge >= 0.3 is 0 Å². The quantitative estimate of drug-likeness (QED) is 0.641. The average molecular weight is 307 g/mol. The third-order valence-corrected chi connectivity index (χ3v) is 3.66. The minimum atomic E-state index is -0.426. The van der Waals surface area contributed by atoms with Gasteiger partial charge in [0.2, 0.25) is 0 Å². The van der Waals surface area contributed by atoms with Crippen molar-refractivity contribution < 1.29 is 4.39 Å². The van der Waals surface area contributed by atoms with E-state index in [0.717, 1.165) is 17.5 Å². The largest absolute Gasteiger partial charge is 0.271 e. The first-order chi connectivity index (χ1) is 10.0. The van der Waals surface area contributed by atoms with Gasteiger partial charge in [-0.15, -0.1) is 0 Å². The molecule has 0 aromatic heterocycles. The van der Waals surface area contributed by atoms with Crippen LogP contribution in [0.3, 0.4) is 0 Å². The molecule has 0 saturated carbocycles. The first-order valence-corrected chi connectivity index (χ1v) is 7.39. The molecule has 0 aliphatic heterocycles. The summed E-state index contributed by atoms with van der Waals surface area (Å²) in [5.74, 6) is 5.85. The zero-order chi connectivity index (χ0) is 15.4. The number of nitrogens with one attached hydrogen (secondary N) is 1. The van der Waals surface area contributed by atoms with Crippen LogP contribution in [-0.2, 0) is 6.42 Å². The van der Waals surface area contributed by atoms with Gasteiger partial charge in [0.25, 0.3) is 0 Å². The van der Waals surface area contributed by atoms with E-state index >= 15 is 0 Å².